The Balaban J connectivity index is 1.28. The van der Waals surface area contributed by atoms with Gasteiger partial charge in [0.05, 0.1) is 22.5 Å². The van der Waals surface area contributed by atoms with Gasteiger partial charge in [-0.05, 0) is 63.4 Å². The van der Waals surface area contributed by atoms with Gasteiger partial charge in [-0.2, -0.15) is 5.10 Å². The molecule has 1 N–H and O–H groups in total. The summed E-state index contributed by atoms with van der Waals surface area (Å²) in [7, 11) is -1.72. The number of fused-ring (bicyclic) bond motifs is 3. The number of hydrogen-bond donors (Lipinski definition) is 1. The first kappa shape index (κ1) is 28.0. The maximum Gasteiger partial charge on any atom is 0.441 e. The summed E-state index contributed by atoms with van der Waals surface area (Å²) in [5, 5.41) is 5.85. The number of nitrogens with zero attached hydrogens (tertiary/aromatic N) is 5. The molecule has 1 saturated heterocycles. The normalized spacial score (nSPS) is 19.6. The molecule has 2 amide bonds. The monoisotopic (exact) mass is 590 g/mol. The summed E-state index contributed by atoms with van der Waals surface area (Å²) in [6, 6.07) is 11.3. The van der Waals surface area contributed by atoms with Crippen LogP contribution in [0.3, 0.4) is 0 Å². The number of nitrogens with one attached hydrogen (secondary N) is 1. The molecule has 0 aliphatic carbocycles. The number of benzene rings is 1. The fourth-order valence-electron chi connectivity index (χ4n) is 5.87. The Kier molecular flexibility index (Phi) is 6.64. The van der Waals surface area contributed by atoms with Crippen molar-refractivity contribution in [2.45, 2.75) is 56.1 Å². The smallest absolute Gasteiger partial charge is 0.441 e. The number of aromatic amines is 1. The molecule has 2 aliphatic heterocycles. The standard InChI is InChI=1S/C30H34N6O5S/c1-29(2,3)41-28(38)35-12-10-30(18-35)11-13-36-25(30)15-24(33-36)20-14-22-23(17-32-26(22)31-16-20)19-6-8-21(9-7-19)42(5,39)34-27(37)40-4/h6-9,14-17H,10-13,18H2,1-5H3,(H,31,32). The first-order valence-electron chi connectivity index (χ1n) is 13.8. The Morgan fingerprint density at radius 1 is 1.10 bits per heavy atom. The zero-order valence-corrected chi connectivity index (χ0v) is 25.2. The first-order valence-corrected chi connectivity index (χ1v) is 15.7. The van der Waals surface area contributed by atoms with Gasteiger partial charge < -0.3 is 19.4 Å². The van der Waals surface area contributed by atoms with Crippen molar-refractivity contribution < 1.29 is 23.3 Å². The minimum Gasteiger partial charge on any atom is -0.451 e. The van der Waals surface area contributed by atoms with E-state index in [4.69, 9.17) is 9.84 Å². The van der Waals surface area contributed by atoms with E-state index in [-0.39, 0.29) is 11.5 Å². The van der Waals surface area contributed by atoms with E-state index >= 15 is 0 Å². The summed E-state index contributed by atoms with van der Waals surface area (Å²) in [6.07, 6.45) is 5.81. The molecular formula is C30H34N6O5S. The largest absolute Gasteiger partial charge is 0.451 e. The van der Waals surface area contributed by atoms with E-state index in [1.165, 1.54) is 13.4 Å². The van der Waals surface area contributed by atoms with Crippen LogP contribution < -0.4 is 0 Å². The lowest BCUT2D eigenvalue weighted by atomic mass is 9.82. The molecule has 12 heteroatoms. The molecule has 4 aromatic rings. The number of hydrogen-bond acceptors (Lipinski definition) is 7. The van der Waals surface area contributed by atoms with E-state index in [0.717, 1.165) is 58.5 Å². The van der Waals surface area contributed by atoms with E-state index in [1.54, 1.807) is 12.1 Å². The molecule has 0 bridgehead atoms. The summed E-state index contributed by atoms with van der Waals surface area (Å²) in [4.78, 5) is 34.4. The van der Waals surface area contributed by atoms with Gasteiger partial charge in [-0.25, -0.2) is 18.8 Å². The van der Waals surface area contributed by atoms with E-state index in [0.29, 0.717) is 18.0 Å². The summed E-state index contributed by atoms with van der Waals surface area (Å²) in [5.41, 5.74) is 4.80. The average molecular weight is 591 g/mol. The molecule has 3 aromatic heterocycles. The predicted molar refractivity (Wildman–Crippen MR) is 159 cm³/mol. The van der Waals surface area contributed by atoms with E-state index in [2.05, 4.69) is 35.9 Å². The Hall–Kier alpha value is -4.19. The zero-order chi connectivity index (χ0) is 29.9. The van der Waals surface area contributed by atoms with Crippen molar-refractivity contribution in [2.24, 2.45) is 4.36 Å². The molecule has 2 aliphatic rings. The third-order valence-corrected chi connectivity index (χ3v) is 9.63. The fourth-order valence-corrected chi connectivity index (χ4v) is 6.98. The second-order valence-corrected chi connectivity index (χ2v) is 14.3. The minimum absolute atomic E-state index is 0.126. The molecule has 11 nitrogen and oxygen atoms in total. The number of H-pyrrole nitrogens is 1. The number of ether oxygens (including phenoxy) is 2. The number of carbonyl (C=O) groups excluding carboxylic acids is 2. The lowest BCUT2D eigenvalue weighted by molar-refractivity contribution is 0.0284. The van der Waals surface area contributed by atoms with Crippen LogP contribution in [0.5, 0.6) is 0 Å². The SMILES string of the molecule is COC(=O)N=S(C)(=O)c1ccc(-c2c[nH]c3ncc(-c4cc5n(n4)CCC54CCN(C(=O)OC(C)(C)C)C4)cc23)cc1. The molecule has 5 heterocycles. The molecule has 1 fully saturated rings. The van der Waals surface area contributed by atoms with Gasteiger partial charge in [0.2, 0.25) is 0 Å². The number of rotatable bonds is 3. The summed E-state index contributed by atoms with van der Waals surface area (Å²) in [5.74, 6) is 0. The van der Waals surface area contributed by atoms with E-state index in [9.17, 15) is 13.8 Å². The van der Waals surface area contributed by atoms with Gasteiger partial charge in [-0.3, -0.25) is 4.68 Å². The number of aryl methyl sites for hydroxylation is 1. The summed E-state index contributed by atoms with van der Waals surface area (Å²) < 4.78 is 28.8. The van der Waals surface area contributed by atoms with Crippen LogP contribution in [0, 0.1) is 0 Å². The molecular weight excluding hydrogens is 556 g/mol. The van der Waals surface area contributed by atoms with Gasteiger partial charge in [0, 0.05) is 70.8 Å². The molecule has 0 radical (unpaired) electrons. The minimum atomic E-state index is -2.93. The molecule has 220 valence electrons. The van der Waals surface area contributed by atoms with Gasteiger partial charge in [0.1, 0.15) is 11.2 Å². The number of aromatic nitrogens is 4. The summed E-state index contributed by atoms with van der Waals surface area (Å²) >= 11 is 0. The van der Waals surface area contributed by atoms with Crippen LogP contribution in [-0.4, -0.2) is 73.1 Å². The highest BCUT2D eigenvalue weighted by molar-refractivity contribution is 7.93. The van der Waals surface area contributed by atoms with Crippen molar-refractivity contribution in [3.63, 3.8) is 0 Å². The molecule has 42 heavy (non-hydrogen) atoms. The van der Waals surface area contributed by atoms with Crippen molar-refractivity contribution in [1.29, 1.82) is 0 Å². The van der Waals surface area contributed by atoms with Crippen molar-refractivity contribution in [1.82, 2.24) is 24.6 Å². The number of likely N-dealkylation sites (tertiary alicyclic amines) is 1. The lowest BCUT2D eigenvalue weighted by Crippen LogP contribution is -2.37. The Labute approximate surface area is 244 Å². The van der Waals surface area contributed by atoms with Gasteiger partial charge in [0.15, 0.2) is 0 Å². The van der Waals surface area contributed by atoms with E-state index in [1.807, 2.05) is 50.2 Å². The Morgan fingerprint density at radius 2 is 1.83 bits per heavy atom. The Morgan fingerprint density at radius 3 is 2.55 bits per heavy atom. The zero-order valence-electron chi connectivity index (χ0n) is 24.3. The molecule has 6 rings (SSSR count). The number of methoxy groups -OCH3 is 1. The van der Waals surface area contributed by atoms with Crippen molar-refractivity contribution >= 4 is 32.9 Å². The maximum absolute atomic E-state index is 12.9. The molecule has 1 spiro atoms. The van der Waals surface area contributed by atoms with Crippen molar-refractivity contribution in [3.8, 4) is 22.4 Å². The second kappa shape index (κ2) is 9.97. The van der Waals surface area contributed by atoms with Crippen LogP contribution >= 0.6 is 0 Å². The molecule has 1 aromatic carbocycles. The highest BCUT2D eigenvalue weighted by Gasteiger charge is 2.47. The van der Waals surface area contributed by atoms with Crippen molar-refractivity contribution in [3.05, 3.63) is 54.5 Å². The van der Waals surface area contributed by atoms with Gasteiger partial charge >= 0.3 is 12.2 Å². The second-order valence-electron chi connectivity index (χ2n) is 12.0. The molecule has 0 saturated carbocycles. The Bertz CT molecular complexity index is 1830. The fraction of sp³-hybridized carbons (Fsp3) is 0.400. The third-order valence-electron chi connectivity index (χ3n) is 7.98. The van der Waals surface area contributed by atoms with Crippen LogP contribution in [0.25, 0.3) is 33.4 Å². The number of pyridine rings is 1. The van der Waals surface area contributed by atoms with E-state index < -0.39 is 21.4 Å². The summed E-state index contributed by atoms with van der Waals surface area (Å²) in [6.45, 7) is 7.75. The number of amides is 2. The first-order chi connectivity index (χ1) is 19.9. The predicted octanol–water partition coefficient (Wildman–Crippen LogP) is 5.60. The van der Waals surface area contributed by atoms with Crippen LogP contribution in [-0.2, 0) is 31.2 Å². The van der Waals surface area contributed by atoms with Gasteiger partial charge in [-0.15, -0.1) is 4.36 Å². The third kappa shape index (κ3) is 5.04. The van der Waals surface area contributed by atoms with Crippen LogP contribution in [0.2, 0.25) is 0 Å². The van der Waals surface area contributed by atoms with Crippen LogP contribution in [0.4, 0.5) is 9.59 Å². The van der Waals surface area contributed by atoms with Crippen LogP contribution in [0.15, 0.2) is 58.1 Å². The number of carbonyl (C=O) groups is 2. The maximum atomic E-state index is 12.9. The average Bonchev–Trinajstić information content (AvgIpc) is 3.72. The quantitative estimate of drug-likeness (QED) is 0.329. The molecule has 2 unspecified atom stereocenters. The highest BCUT2D eigenvalue weighted by Crippen LogP contribution is 2.44. The molecule has 2 atom stereocenters. The topological polar surface area (TPSA) is 132 Å². The highest BCUT2D eigenvalue weighted by atomic mass is 32.2. The lowest BCUT2D eigenvalue weighted by Gasteiger charge is -2.26. The van der Waals surface area contributed by atoms with Crippen LogP contribution in [0.1, 0.15) is 39.3 Å². The van der Waals surface area contributed by atoms with Gasteiger partial charge in [0.25, 0.3) is 0 Å². The van der Waals surface area contributed by atoms with Crippen molar-refractivity contribution in [2.75, 3.05) is 26.5 Å². The van der Waals surface area contributed by atoms with Gasteiger partial charge in [-0.1, -0.05) is 12.1 Å².